The first-order valence-electron chi connectivity index (χ1n) is 14.1. The van der Waals surface area contributed by atoms with Crippen LogP contribution in [0.15, 0.2) is 83.3 Å². The first-order chi connectivity index (χ1) is 20.6. The second kappa shape index (κ2) is 12.8. The largest absolute Gasteiger partial charge is 0.510 e. The molecule has 236 valence electrons. The van der Waals surface area contributed by atoms with E-state index in [1.54, 1.807) is 29.2 Å². The number of aliphatic hydroxyl groups excluding tert-OH is 1. The van der Waals surface area contributed by atoms with Crippen molar-refractivity contribution in [3.8, 4) is 0 Å². The molecule has 4 N–H and O–H groups in total. The van der Waals surface area contributed by atoms with Gasteiger partial charge in [0.25, 0.3) is 10.0 Å². The predicted octanol–water partition coefficient (Wildman–Crippen LogP) is 6.44. The number of nitrogens with two attached hydrogens (primary N) is 1. The zero-order chi connectivity index (χ0) is 32.3. The number of aliphatic hydroxyl groups is 1. The standard InChI is InChI=1S/C31H35F3N4O5S/c1-4-16-38(25-7-5-6-24(17-25)37-44(41,42)27-13-10-22(19-36-27)31(32,33)34)28-26(39)18-30(20(2)3,43-29(28)40)15-14-21-8-11-23(35)12-9-21/h5-13,17,19-20,37,39H,4,14-16,18,35H2,1-3H3. The second-order valence-corrected chi connectivity index (χ2v) is 12.6. The van der Waals surface area contributed by atoms with Gasteiger partial charge in [0.2, 0.25) is 0 Å². The molecule has 2 heterocycles. The Labute approximate surface area is 254 Å². The number of nitrogens with one attached hydrogen (secondary N) is 1. The van der Waals surface area contributed by atoms with Gasteiger partial charge in [0.05, 0.1) is 11.3 Å². The molecular weight excluding hydrogens is 597 g/mol. The van der Waals surface area contributed by atoms with Gasteiger partial charge in [-0.05, 0) is 73.2 Å². The summed E-state index contributed by atoms with van der Waals surface area (Å²) in [6, 6.07) is 14.9. The minimum absolute atomic E-state index is 0.0416. The lowest BCUT2D eigenvalue weighted by Gasteiger charge is -2.42. The van der Waals surface area contributed by atoms with Crippen LogP contribution in [0, 0.1) is 5.92 Å². The summed E-state index contributed by atoms with van der Waals surface area (Å²) in [5.41, 5.74) is 5.86. The Kier molecular flexibility index (Phi) is 9.47. The summed E-state index contributed by atoms with van der Waals surface area (Å²) >= 11 is 0. The monoisotopic (exact) mass is 632 g/mol. The number of halogens is 3. The zero-order valence-corrected chi connectivity index (χ0v) is 25.4. The van der Waals surface area contributed by atoms with E-state index in [1.807, 2.05) is 32.9 Å². The highest BCUT2D eigenvalue weighted by molar-refractivity contribution is 7.92. The number of sulfonamides is 1. The number of rotatable bonds is 11. The number of nitrogens with zero attached hydrogens (tertiary/aromatic N) is 2. The van der Waals surface area contributed by atoms with Gasteiger partial charge in [0.15, 0.2) is 10.7 Å². The molecule has 4 rings (SSSR count). The van der Waals surface area contributed by atoms with Gasteiger partial charge >= 0.3 is 12.1 Å². The van der Waals surface area contributed by atoms with Crippen molar-refractivity contribution in [3.63, 3.8) is 0 Å². The number of hydrogen-bond donors (Lipinski definition) is 3. The third-order valence-electron chi connectivity index (χ3n) is 7.56. The molecule has 0 radical (unpaired) electrons. The van der Waals surface area contributed by atoms with E-state index in [2.05, 4.69) is 9.71 Å². The van der Waals surface area contributed by atoms with Crippen molar-refractivity contribution in [1.29, 1.82) is 0 Å². The molecule has 0 bridgehead atoms. The fourth-order valence-electron chi connectivity index (χ4n) is 5.06. The number of alkyl halides is 3. The van der Waals surface area contributed by atoms with Crippen LogP contribution in [0.5, 0.6) is 0 Å². The van der Waals surface area contributed by atoms with Crippen molar-refractivity contribution >= 4 is 33.1 Å². The van der Waals surface area contributed by atoms with Gasteiger partial charge in [0.1, 0.15) is 11.4 Å². The molecule has 2 aromatic carbocycles. The topological polar surface area (TPSA) is 135 Å². The third-order valence-corrected chi connectivity index (χ3v) is 8.86. The van der Waals surface area contributed by atoms with Gasteiger partial charge in [-0.15, -0.1) is 0 Å². The van der Waals surface area contributed by atoms with Crippen LogP contribution in [0.3, 0.4) is 0 Å². The van der Waals surface area contributed by atoms with Crippen LogP contribution in [0.4, 0.5) is 30.2 Å². The highest BCUT2D eigenvalue weighted by Crippen LogP contribution is 2.41. The number of esters is 1. The van der Waals surface area contributed by atoms with E-state index >= 15 is 0 Å². The number of ether oxygens (including phenoxy) is 1. The van der Waals surface area contributed by atoms with E-state index in [1.165, 1.54) is 12.1 Å². The molecule has 1 aromatic heterocycles. The van der Waals surface area contributed by atoms with E-state index in [9.17, 15) is 31.5 Å². The van der Waals surface area contributed by atoms with E-state index in [-0.39, 0.29) is 29.5 Å². The number of aromatic nitrogens is 1. The van der Waals surface area contributed by atoms with Crippen LogP contribution < -0.4 is 15.4 Å². The number of nitrogen functional groups attached to an aromatic ring is 1. The molecule has 1 aliphatic rings. The lowest BCUT2D eigenvalue weighted by molar-refractivity contribution is -0.166. The molecule has 0 fully saturated rings. The summed E-state index contributed by atoms with van der Waals surface area (Å²) in [5, 5.41) is 10.7. The minimum Gasteiger partial charge on any atom is -0.510 e. The van der Waals surface area contributed by atoms with E-state index in [4.69, 9.17) is 10.5 Å². The van der Waals surface area contributed by atoms with Gasteiger partial charge < -0.3 is 20.5 Å². The maximum Gasteiger partial charge on any atom is 0.417 e. The van der Waals surface area contributed by atoms with Crippen LogP contribution >= 0.6 is 0 Å². The molecule has 0 saturated carbocycles. The van der Waals surface area contributed by atoms with Crippen LogP contribution in [0.2, 0.25) is 0 Å². The van der Waals surface area contributed by atoms with Gasteiger partial charge in [-0.3, -0.25) is 4.72 Å². The molecule has 1 aliphatic heterocycles. The number of aryl methyl sites for hydroxylation is 1. The van der Waals surface area contributed by atoms with Gasteiger partial charge in [-0.2, -0.15) is 21.6 Å². The average Bonchev–Trinajstić information content (AvgIpc) is 2.95. The lowest BCUT2D eigenvalue weighted by Crippen LogP contribution is -2.47. The van der Waals surface area contributed by atoms with Gasteiger partial charge in [0, 0.05) is 30.5 Å². The average molecular weight is 633 g/mol. The maximum absolute atomic E-state index is 13.6. The van der Waals surface area contributed by atoms with E-state index in [0.29, 0.717) is 49.4 Å². The normalized spacial score (nSPS) is 17.5. The number of benzene rings is 2. The van der Waals surface area contributed by atoms with Crippen molar-refractivity contribution < 1.29 is 36.2 Å². The molecular formula is C31H35F3N4O5S. The second-order valence-electron chi connectivity index (χ2n) is 11.0. The first-order valence-corrected chi connectivity index (χ1v) is 15.6. The lowest BCUT2D eigenvalue weighted by atomic mass is 9.79. The Morgan fingerprint density at radius 3 is 2.41 bits per heavy atom. The van der Waals surface area contributed by atoms with Crippen molar-refractivity contribution in [3.05, 3.63) is 89.4 Å². The summed E-state index contributed by atoms with van der Waals surface area (Å²) in [6.45, 7) is 6.04. The fourth-order valence-corrected chi connectivity index (χ4v) is 6.04. The molecule has 9 nitrogen and oxygen atoms in total. The summed E-state index contributed by atoms with van der Waals surface area (Å²) < 4.78 is 72.9. The Morgan fingerprint density at radius 2 is 1.84 bits per heavy atom. The molecule has 44 heavy (non-hydrogen) atoms. The summed E-state index contributed by atoms with van der Waals surface area (Å²) in [4.78, 5) is 18.6. The smallest absolute Gasteiger partial charge is 0.417 e. The van der Waals surface area contributed by atoms with Crippen LogP contribution in [-0.4, -0.2) is 36.6 Å². The Bertz CT molecular complexity index is 1630. The maximum atomic E-state index is 13.6. The third kappa shape index (κ3) is 7.26. The fraction of sp³-hybridized carbons (Fsp3) is 0.355. The van der Waals surface area contributed by atoms with Gasteiger partial charge in [-0.1, -0.05) is 39.0 Å². The van der Waals surface area contributed by atoms with Crippen LogP contribution in [-0.2, 0) is 32.2 Å². The molecule has 0 aliphatic carbocycles. The van der Waals surface area contributed by atoms with Crippen molar-refractivity contribution in [2.45, 2.75) is 63.3 Å². The number of pyridine rings is 1. The highest BCUT2D eigenvalue weighted by atomic mass is 32.2. The van der Waals surface area contributed by atoms with Crippen LogP contribution in [0.1, 0.15) is 51.2 Å². The Balaban J connectivity index is 1.60. The van der Waals surface area contributed by atoms with E-state index < -0.39 is 38.4 Å². The molecule has 0 saturated heterocycles. The number of anilines is 3. The summed E-state index contributed by atoms with van der Waals surface area (Å²) in [5.74, 6) is -0.950. The highest BCUT2D eigenvalue weighted by Gasteiger charge is 2.45. The minimum atomic E-state index is -4.66. The number of carbonyl (C=O) groups excluding carboxylic acids is 1. The first kappa shape index (κ1) is 32.6. The molecule has 1 unspecified atom stereocenters. The summed E-state index contributed by atoms with van der Waals surface area (Å²) in [6.07, 6.45) is -2.48. The molecule has 3 aromatic rings. The zero-order valence-electron chi connectivity index (χ0n) is 24.6. The SMILES string of the molecule is CCCN(C1=C(O)CC(CCc2ccc(N)cc2)(C(C)C)OC1=O)c1cccc(NS(=O)(=O)c2ccc(C(F)(F)F)cn2)c1. The van der Waals surface area contributed by atoms with Crippen molar-refractivity contribution in [2.75, 3.05) is 21.9 Å². The van der Waals surface area contributed by atoms with Crippen LogP contribution in [0.25, 0.3) is 0 Å². The number of hydrogen-bond acceptors (Lipinski definition) is 8. The molecule has 1 atom stereocenters. The van der Waals surface area contributed by atoms with Crippen molar-refractivity contribution in [1.82, 2.24) is 4.98 Å². The quantitative estimate of drug-likeness (QED) is 0.162. The van der Waals surface area contributed by atoms with Crippen molar-refractivity contribution in [2.24, 2.45) is 5.92 Å². The Hall–Kier alpha value is -4.26. The molecule has 13 heteroatoms. The Morgan fingerprint density at radius 1 is 1.14 bits per heavy atom. The predicted molar refractivity (Wildman–Crippen MR) is 161 cm³/mol. The number of cyclic esters (lactones) is 1. The summed E-state index contributed by atoms with van der Waals surface area (Å²) in [7, 11) is -4.34. The molecule has 0 amide bonds. The van der Waals surface area contributed by atoms with E-state index in [0.717, 1.165) is 11.6 Å². The molecule has 0 spiro atoms. The van der Waals surface area contributed by atoms with Gasteiger partial charge in [-0.25, -0.2) is 9.78 Å². The number of carbonyl (C=O) groups is 1.